The van der Waals surface area contributed by atoms with Crippen LogP contribution in [0.25, 0.3) is 0 Å². The van der Waals surface area contributed by atoms with Crippen molar-refractivity contribution in [2.75, 3.05) is 20.2 Å². The van der Waals surface area contributed by atoms with Gasteiger partial charge in [0, 0.05) is 24.7 Å². The van der Waals surface area contributed by atoms with Gasteiger partial charge in [0.1, 0.15) is 10.8 Å². The maximum absolute atomic E-state index is 5.69. The highest BCUT2D eigenvalue weighted by molar-refractivity contribution is 14.0. The topological polar surface area (TPSA) is 58.5 Å². The van der Waals surface area contributed by atoms with Crippen molar-refractivity contribution < 1.29 is 4.74 Å². The summed E-state index contributed by atoms with van der Waals surface area (Å²) >= 11 is 1.70. The Hall–Kier alpha value is -1.35. The molecule has 0 aliphatic rings. The van der Waals surface area contributed by atoms with Crippen molar-refractivity contribution in [3.8, 4) is 5.75 Å². The number of hydrogen-bond donors (Lipinski definition) is 2. The van der Waals surface area contributed by atoms with E-state index in [-0.39, 0.29) is 24.0 Å². The summed E-state index contributed by atoms with van der Waals surface area (Å²) < 4.78 is 5.69. The van der Waals surface area contributed by atoms with E-state index in [1.807, 2.05) is 18.3 Å². The maximum Gasteiger partial charge on any atom is 0.191 e. The van der Waals surface area contributed by atoms with Gasteiger partial charge < -0.3 is 15.4 Å². The molecule has 0 saturated heterocycles. The molecule has 0 radical (unpaired) electrons. The lowest BCUT2D eigenvalue weighted by Gasteiger charge is -2.11. The third-order valence-electron chi connectivity index (χ3n) is 3.70. The van der Waals surface area contributed by atoms with E-state index >= 15 is 0 Å². The first-order valence-corrected chi connectivity index (χ1v) is 9.60. The average Bonchev–Trinajstić information content (AvgIpc) is 3.05. The number of ether oxygens (including phenoxy) is 1. The zero-order chi connectivity index (χ0) is 17.9. The van der Waals surface area contributed by atoms with Gasteiger partial charge in [-0.05, 0) is 37.5 Å². The van der Waals surface area contributed by atoms with Crippen molar-refractivity contribution in [2.24, 2.45) is 4.99 Å². The van der Waals surface area contributed by atoms with E-state index in [0.717, 1.165) is 49.1 Å². The molecule has 144 valence electrons. The summed E-state index contributed by atoms with van der Waals surface area (Å²) in [6.45, 7) is 6.54. The van der Waals surface area contributed by atoms with Crippen LogP contribution >= 0.6 is 35.3 Å². The zero-order valence-electron chi connectivity index (χ0n) is 15.7. The quantitative estimate of drug-likeness (QED) is 0.241. The Morgan fingerprint density at radius 3 is 2.62 bits per heavy atom. The molecule has 26 heavy (non-hydrogen) atoms. The smallest absolute Gasteiger partial charge is 0.191 e. The number of halogens is 1. The lowest BCUT2D eigenvalue weighted by atomic mass is 10.1. The highest BCUT2D eigenvalue weighted by Crippen LogP contribution is 2.13. The number of aromatic nitrogens is 1. The molecule has 7 heteroatoms. The first kappa shape index (κ1) is 22.7. The van der Waals surface area contributed by atoms with Crippen LogP contribution in [0.3, 0.4) is 0 Å². The molecule has 0 atom stereocenters. The van der Waals surface area contributed by atoms with Crippen LogP contribution in [-0.2, 0) is 13.0 Å². The second-order valence-corrected chi connectivity index (χ2v) is 7.13. The number of unbranched alkanes of at least 4 members (excludes halogenated alkanes) is 1. The van der Waals surface area contributed by atoms with Crippen LogP contribution in [0, 0.1) is 6.92 Å². The fraction of sp³-hybridized carbons (Fsp3) is 0.474. The SMILES string of the molecule is CCCCOc1ccc(CCNC(=NC)NCc2ncc(C)s2)cc1.I. The van der Waals surface area contributed by atoms with Gasteiger partial charge in [0.25, 0.3) is 0 Å². The lowest BCUT2D eigenvalue weighted by molar-refractivity contribution is 0.309. The van der Waals surface area contributed by atoms with E-state index in [2.05, 4.69) is 46.6 Å². The Bertz CT molecular complexity index is 658. The molecule has 2 aromatic rings. The first-order chi connectivity index (χ1) is 12.2. The summed E-state index contributed by atoms with van der Waals surface area (Å²) in [5.41, 5.74) is 1.28. The minimum Gasteiger partial charge on any atom is -0.494 e. The summed E-state index contributed by atoms with van der Waals surface area (Å²) in [5, 5.41) is 7.69. The van der Waals surface area contributed by atoms with Crippen molar-refractivity contribution in [1.29, 1.82) is 0 Å². The molecule has 1 heterocycles. The zero-order valence-corrected chi connectivity index (χ0v) is 18.9. The van der Waals surface area contributed by atoms with Crippen LogP contribution in [0.1, 0.15) is 35.2 Å². The second kappa shape index (κ2) is 12.9. The normalized spacial score (nSPS) is 11.0. The third kappa shape index (κ3) is 8.35. The second-order valence-electron chi connectivity index (χ2n) is 5.81. The molecule has 2 N–H and O–H groups in total. The molecule has 1 aromatic heterocycles. The van der Waals surface area contributed by atoms with E-state index in [4.69, 9.17) is 4.74 Å². The van der Waals surface area contributed by atoms with Gasteiger partial charge in [0.2, 0.25) is 0 Å². The van der Waals surface area contributed by atoms with E-state index in [1.165, 1.54) is 10.4 Å². The Labute approximate surface area is 177 Å². The van der Waals surface area contributed by atoms with Crippen LogP contribution in [0.5, 0.6) is 5.75 Å². The number of guanidine groups is 1. The molecule has 0 fully saturated rings. The first-order valence-electron chi connectivity index (χ1n) is 8.79. The van der Waals surface area contributed by atoms with Crippen LogP contribution in [0.4, 0.5) is 0 Å². The van der Waals surface area contributed by atoms with E-state index in [1.54, 1.807) is 18.4 Å². The van der Waals surface area contributed by atoms with Gasteiger partial charge in [0.15, 0.2) is 5.96 Å². The molecule has 0 spiro atoms. The van der Waals surface area contributed by atoms with Crippen molar-refractivity contribution in [3.63, 3.8) is 0 Å². The molecule has 0 bridgehead atoms. The molecular weight excluding hydrogens is 459 g/mol. The third-order valence-corrected chi connectivity index (χ3v) is 4.61. The molecule has 5 nitrogen and oxygen atoms in total. The summed E-state index contributed by atoms with van der Waals surface area (Å²) in [6, 6.07) is 8.33. The van der Waals surface area contributed by atoms with Crippen molar-refractivity contribution in [2.45, 2.75) is 39.7 Å². The Morgan fingerprint density at radius 2 is 2.00 bits per heavy atom. The number of benzene rings is 1. The fourth-order valence-electron chi connectivity index (χ4n) is 2.28. The van der Waals surface area contributed by atoms with Gasteiger partial charge in [-0.15, -0.1) is 35.3 Å². The highest BCUT2D eigenvalue weighted by Gasteiger charge is 2.02. The number of nitrogens with one attached hydrogen (secondary N) is 2. The summed E-state index contributed by atoms with van der Waals surface area (Å²) in [7, 11) is 1.78. The number of aliphatic imine (C=N–C) groups is 1. The predicted molar refractivity (Wildman–Crippen MR) is 121 cm³/mol. The fourth-order valence-corrected chi connectivity index (χ4v) is 3.00. The Kier molecular flexibility index (Phi) is 11.3. The molecule has 0 unspecified atom stereocenters. The van der Waals surface area contributed by atoms with Gasteiger partial charge in [-0.2, -0.15) is 0 Å². The summed E-state index contributed by atoms with van der Waals surface area (Å²) in [5.74, 6) is 1.74. The van der Waals surface area contributed by atoms with E-state index in [0.29, 0.717) is 6.54 Å². The Morgan fingerprint density at radius 1 is 1.23 bits per heavy atom. The molecule has 0 aliphatic heterocycles. The van der Waals surface area contributed by atoms with Crippen LogP contribution in [0.15, 0.2) is 35.5 Å². The summed E-state index contributed by atoms with van der Waals surface area (Å²) in [4.78, 5) is 9.82. The van der Waals surface area contributed by atoms with Gasteiger partial charge in [-0.3, -0.25) is 4.99 Å². The molecule has 2 rings (SSSR count). The monoisotopic (exact) mass is 488 g/mol. The summed E-state index contributed by atoms with van der Waals surface area (Å²) in [6.07, 6.45) is 5.08. The largest absolute Gasteiger partial charge is 0.494 e. The predicted octanol–water partition coefficient (Wildman–Crippen LogP) is 4.16. The van der Waals surface area contributed by atoms with Crippen LogP contribution < -0.4 is 15.4 Å². The Balaban J connectivity index is 0.00000338. The molecule has 0 saturated carbocycles. The van der Waals surface area contributed by atoms with Gasteiger partial charge in [-0.1, -0.05) is 25.5 Å². The van der Waals surface area contributed by atoms with Crippen molar-refractivity contribution >= 4 is 41.3 Å². The van der Waals surface area contributed by atoms with E-state index in [9.17, 15) is 0 Å². The number of thiazole rings is 1. The van der Waals surface area contributed by atoms with Crippen molar-refractivity contribution in [3.05, 3.63) is 45.9 Å². The average molecular weight is 488 g/mol. The number of nitrogens with zero attached hydrogens (tertiary/aromatic N) is 2. The van der Waals surface area contributed by atoms with Crippen LogP contribution in [0.2, 0.25) is 0 Å². The molecule has 0 amide bonds. The number of rotatable bonds is 9. The minimum absolute atomic E-state index is 0. The van der Waals surface area contributed by atoms with E-state index < -0.39 is 0 Å². The van der Waals surface area contributed by atoms with Gasteiger partial charge in [0.05, 0.1) is 13.2 Å². The lowest BCUT2D eigenvalue weighted by Crippen LogP contribution is -2.37. The van der Waals surface area contributed by atoms with Crippen molar-refractivity contribution in [1.82, 2.24) is 15.6 Å². The van der Waals surface area contributed by atoms with Gasteiger partial charge >= 0.3 is 0 Å². The molecule has 0 aliphatic carbocycles. The van der Waals surface area contributed by atoms with Gasteiger partial charge in [-0.25, -0.2) is 4.98 Å². The molecular formula is C19H29IN4OS. The van der Waals surface area contributed by atoms with Crippen LogP contribution in [-0.4, -0.2) is 31.1 Å². The standard InChI is InChI=1S/C19H28N4OS.HI/c1-4-5-12-24-17-8-6-16(7-9-17)10-11-21-19(20-3)23-14-18-22-13-15(2)25-18;/h6-9,13H,4-5,10-12,14H2,1-3H3,(H2,20,21,23);1H. The number of aryl methyl sites for hydroxylation is 1. The maximum atomic E-state index is 5.69. The highest BCUT2D eigenvalue weighted by atomic mass is 127. The number of hydrogen-bond acceptors (Lipinski definition) is 4. The minimum atomic E-state index is 0. The molecule has 1 aromatic carbocycles.